The molecule has 21 heavy (non-hydrogen) atoms. The number of nitrogens with one attached hydrogen (secondary N) is 1. The summed E-state index contributed by atoms with van der Waals surface area (Å²) in [4.78, 5) is 7.48. The molecule has 1 atom stereocenters. The van der Waals surface area contributed by atoms with Crippen molar-refractivity contribution in [3.63, 3.8) is 0 Å². The molecule has 3 aliphatic rings. The number of thioether (sulfide) groups is 1. The molecule has 0 amide bonds. The van der Waals surface area contributed by atoms with Crippen LogP contribution in [0.15, 0.2) is 4.99 Å². The Morgan fingerprint density at radius 1 is 1.19 bits per heavy atom. The van der Waals surface area contributed by atoms with Gasteiger partial charge >= 0.3 is 0 Å². The third-order valence-electron chi connectivity index (χ3n) is 5.36. The Morgan fingerprint density at radius 3 is 2.62 bits per heavy atom. The maximum atomic E-state index is 4.87. The Hall–Kier alpha value is -0.220. The highest BCUT2D eigenvalue weighted by Crippen LogP contribution is 2.41. The van der Waals surface area contributed by atoms with Crippen molar-refractivity contribution in [1.82, 2.24) is 10.2 Å². The first kappa shape index (κ1) is 15.7. The largest absolute Gasteiger partial charge is 0.365 e. The monoisotopic (exact) mass is 309 g/mol. The number of nitrogens with zero attached hydrogens (tertiary/aromatic N) is 2. The molecule has 0 aromatic carbocycles. The molecule has 1 saturated heterocycles. The van der Waals surface area contributed by atoms with Crippen molar-refractivity contribution in [3.05, 3.63) is 0 Å². The van der Waals surface area contributed by atoms with Crippen LogP contribution >= 0.6 is 11.8 Å². The Morgan fingerprint density at radius 2 is 1.95 bits per heavy atom. The molecule has 3 rings (SSSR count). The van der Waals surface area contributed by atoms with Gasteiger partial charge in [0.05, 0.1) is 0 Å². The zero-order chi connectivity index (χ0) is 14.5. The van der Waals surface area contributed by atoms with Gasteiger partial charge in [0.25, 0.3) is 0 Å². The molecule has 2 fully saturated rings. The van der Waals surface area contributed by atoms with Crippen molar-refractivity contribution < 1.29 is 0 Å². The fourth-order valence-corrected chi connectivity index (χ4v) is 5.16. The zero-order valence-electron chi connectivity index (χ0n) is 13.6. The maximum Gasteiger partial charge on any atom is 0.156 e. The van der Waals surface area contributed by atoms with E-state index in [1.165, 1.54) is 75.5 Å². The Balaban J connectivity index is 1.39. The third-order valence-corrected chi connectivity index (χ3v) is 6.66. The first-order valence-corrected chi connectivity index (χ1v) is 9.88. The van der Waals surface area contributed by atoms with Gasteiger partial charge in [-0.25, -0.2) is 0 Å². The van der Waals surface area contributed by atoms with Crippen molar-refractivity contribution in [1.29, 1.82) is 0 Å². The molecular formula is C17H31N3S. The van der Waals surface area contributed by atoms with Gasteiger partial charge in [0.15, 0.2) is 5.17 Å². The van der Waals surface area contributed by atoms with Gasteiger partial charge in [-0.2, -0.15) is 0 Å². The summed E-state index contributed by atoms with van der Waals surface area (Å²) in [7, 11) is 0. The van der Waals surface area contributed by atoms with Gasteiger partial charge in [0.1, 0.15) is 0 Å². The summed E-state index contributed by atoms with van der Waals surface area (Å²) in [5.41, 5.74) is 0.551. The molecule has 0 aromatic rings. The van der Waals surface area contributed by atoms with Crippen molar-refractivity contribution in [3.8, 4) is 0 Å². The number of hydrogen-bond acceptors (Lipinski definition) is 4. The highest BCUT2D eigenvalue weighted by Gasteiger charge is 2.34. The van der Waals surface area contributed by atoms with E-state index in [4.69, 9.17) is 4.99 Å². The molecule has 2 aliphatic heterocycles. The van der Waals surface area contributed by atoms with Crippen LogP contribution in [0.2, 0.25) is 0 Å². The second-order valence-corrected chi connectivity index (χ2v) is 8.43. The Bertz CT molecular complexity index is 357. The number of likely N-dealkylation sites (tertiary alicyclic amines) is 1. The minimum Gasteiger partial charge on any atom is -0.365 e. The van der Waals surface area contributed by atoms with Crippen LogP contribution in [-0.4, -0.2) is 48.5 Å². The van der Waals surface area contributed by atoms with E-state index in [0.717, 1.165) is 19.0 Å². The lowest BCUT2D eigenvalue weighted by atomic mass is 9.75. The average molecular weight is 310 g/mol. The molecule has 2 heterocycles. The molecule has 1 unspecified atom stereocenters. The molecule has 1 saturated carbocycles. The first-order valence-electron chi connectivity index (χ1n) is 8.89. The highest BCUT2D eigenvalue weighted by atomic mass is 32.2. The SMILES string of the molecule is CC(CNC1=NCC2(CCCCC2)CS1)CN1CCCC1. The van der Waals surface area contributed by atoms with Crippen LogP contribution in [0.4, 0.5) is 0 Å². The van der Waals surface area contributed by atoms with E-state index in [-0.39, 0.29) is 0 Å². The highest BCUT2D eigenvalue weighted by molar-refractivity contribution is 8.13. The van der Waals surface area contributed by atoms with Crippen molar-refractivity contribution in [2.24, 2.45) is 16.3 Å². The Kier molecular flexibility index (Phi) is 5.49. The lowest BCUT2D eigenvalue weighted by Gasteiger charge is -2.38. The fraction of sp³-hybridized carbons (Fsp3) is 0.941. The van der Waals surface area contributed by atoms with Crippen LogP contribution in [0.25, 0.3) is 0 Å². The topological polar surface area (TPSA) is 27.6 Å². The first-order chi connectivity index (χ1) is 10.3. The smallest absolute Gasteiger partial charge is 0.156 e. The predicted molar refractivity (Wildman–Crippen MR) is 93.1 cm³/mol. The van der Waals surface area contributed by atoms with E-state index in [1.807, 2.05) is 11.8 Å². The van der Waals surface area contributed by atoms with Gasteiger partial charge in [-0.3, -0.25) is 4.99 Å². The summed E-state index contributed by atoms with van der Waals surface area (Å²) >= 11 is 1.98. The minimum absolute atomic E-state index is 0.551. The zero-order valence-corrected chi connectivity index (χ0v) is 14.4. The van der Waals surface area contributed by atoms with Gasteiger partial charge in [-0.05, 0) is 50.1 Å². The van der Waals surface area contributed by atoms with Crippen LogP contribution < -0.4 is 5.32 Å². The summed E-state index contributed by atoms with van der Waals surface area (Å²) in [6.07, 6.45) is 9.88. The summed E-state index contributed by atoms with van der Waals surface area (Å²) in [6.45, 7) is 8.38. The summed E-state index contributed by atoms with van der Waals surface area (Å²) in [6, 6.07) is 0. The van der Waals surface area contributed by atoms with Crippen molar-refractivity contribution in [2.75, 3.05) is 38.5 Å². The lowest BCUT2D eigenvalue weighted by molar-refractivity contribution is 0.232. The second-order valence-electron chi connectivity index (χ2n) is 7.46. The van der Waals surface area contributed by atoms with Gasteiger partial charge in [-0.1, -0.05) is 37.9 Å². The molecule has 1 aliphatic carbocycles. The number of hydrogen-bond donors (Lipinski definition) is 1. The van der Waals surface area contributed by atoms with Crippen LogP contribution in [0, 0.1) is 11.3 Å². The summed E-state index contributed by atoms with van der Waals surface area (Å²) < 4.78 is 0. The Labute approximate surface area is 134 Å². The minimum atomic E-state index is 0.551. The third kappa shape index (κ3) is 4.38. The van der Waals surface area contributed by atoms with E-state index in [9.17, 15) is 0 Å². The molecule has 1 spiro atoms. The van der Waals surface area contributed by atoms with E-state index in [2.05, 4.69) is 17.1 Å². The molecule has 3 nitrogen and oxygen atoms in total. The van der Waals surface area contributed by atoms with Gasteiger partial charge in [-0.15, -0.1) is 0 Å². The van der Waals surface area contributed by atoms with Gasteiger partial charge < -0.3 is 10.2 Å². The van der Waals surface area contributed by atoms with Crippen LogP contribution in [0.3, 0.4) is 0 Å². The van der Waals surface area contributed by atoms with Crippen LogP contribution in [-0.2, 0) is 0 Å². The molecule has 0 aromatic heterocycles. The normalized spacial score (nSPS) is 27.6. The van der Waals surface area contributed by atoms with Crippen LogP contribution in [0.1, 0.15) is 51.9 Å². The van der Waals surface area contributed by atoms with Gasteiger partial charge in [0, 0.05) is 25.4 Å². The fourth-order valence-electron chi connectivity index (χ4n) is 4.00. The average Bonchev–Trinajstić information content (AvgIpc) is 3.01. The van der Waals surface area contributed by atoms with Gasteiger partial charge in [0.2, 0.25) is 0 Å². The van der Waals surface area contributed by atoms with Crippen molar-refractivity contribution >= 4 is 16.9 Å². The molecule has 0 radical (unpaired) electrons. The summed E-state index contributed by atoms with van der Waals surface area (Å²) in [5.74, 6) is 2.01. The molecular weight excluding hydrogens is 278 g/mol. The summed E-state index contributed by atoms with van der Waals surface area (Å²) in [5, 5.41) is 4.81. The molecule has 0 bridgehead atoms. The number of amidine groups is 1. The molecule has 1 N–H and O–H groups in total. The molecule has 120 valence electrons. The van der Waals surface area contributed by atoms with Crippen molar-refractivity contribution in [2.45, 2.75) is 51.9 Å². The maximum absolute atomic E-state index is 4.87. The standard InChI is InChI=1S/C17H31N3S/c1-15(12-20-9-5-6-10-20)11-18-16-19-13-17(14-21-16)7-3-2-4-8-17/h15H,2-14H2,1H3,(H,18,19). The number of rotatable bonds is 4. The van der Waals surface area contributed by atoms with E-state index < -0.39 is 0 Å². The van der Waals surface area contributed by atoms with E-state index in [1.54, 1.807) is 0 Å². The van der Waals surface area contributed by atoms with Crippen LogP contribution in [0.5, 0.6) is 0 Å². The lowest BCUT2D eigenvalue weighted by Crippen LogP contribution is -2.39. The molecule has 4 heteroatoms. The van der Waals surface area contributed by atoms with E-state index >= 15 is 0 Å². The quantitative estimate of drug-likeness (QED) is 0.863. The second kappa shape index (κ2) is 7.36. The van der Waals surface area contributed by atoms with E-state index in [0.29, 0.717) is 5.41 Å². The number of aliphatic imine (C=N–C) groups is 1. The predicted octanol–water partition coefficient (Wildman–Crippen LogP) is 3.36.